The van der Waals surface area contributed by atoms with Crippen LogP contribution in [0.15, 0.2) is 0 Å². The lowest BCUT2D eigenvalue weighted by Crippen LogP contribution is -2.50. The van der Waals surface area contributed by atoms with Crippen molar-refractivity contribution in [2.75, 3.05) is 13.2 Å². The van der Waals surface area contributed by atoms with E-state index in [0.717, 1.165) is 19.3 Å². The van der Waals surface area contributed by atoms with Gasteiger partial charge < -0.3 is 15.4 Å². The van der Waals surface area contributed by atoms with Crippen LogP contribution in [-0.4, -0.2) is 36.2 Å². The molecule has 1 aliphatic rings. The Kier molecular flexibility index (Phi) is 4.20. The van der Waals surface area contributed by atoms with E-state index in [2.05, 4.69) is 13.8 Å². The minimum atomic E-state index is -0.177. The normalized spacial score (nSPS) is 24.6. The number of hydrogen-bond acceptors (Lipinski definition) is 3. The highest BCUT2D eigenvalue weighted by atomic mass is 16.6. The van der Waals surface area contributed by atoms with Gasteiger partial charge in [0.2, 0.25) is 0 Å². The molecule has 0 bridgehead atoms. The van der Waals surface area contributed by atoms with Crippen molar-refractivity contribution < 1.29 is 9.53 Å². The predicted octanol–water partition coefficient (Wildman–Crippen LogP) is 1.34. The van der Waals surface area contributed by atoms with E-state index in [4.69, 9.17) is 10.5 Å². The van der Waals surface area contributed by atoms with Gasteiger partial charge in [-0.25, -0.2) is 4.79 Å². The van der Waals surface area contributed by atoms with Crippen molar-refractivity contribution in [3.63, 3.8) is 0 Å². The molecular formula is C10H20N2O2. The Morgan fingerprint density at radius 3 is 3.00 bits per heavy atom. The van der Waals surface area contributed by atoms with Gasteiger partial charge in [0.15, 0.2) is 0 Å². The van der Waals surface area contributed by atoms with Gasteiger partial charge in [-0.05, 0) is 26.3 Å². The van der Waals surface area contributed by atoms with Crippen LogP contribution in [0.2, 0.25) is 0 Å². The van der Waals surface area contributed by atoms with Crippen LogP contribution < -0.4 is 5.73 Å². The number of nitrogens with zero attached hydrogens (tertiary/aromatic N) is 1. The van der Waals surface area contributed by atoms with Crippen LogP contribution in [-0.2, 0) is 4.74 Å². The average molecular weight is 200 g/mol. The van der Waals surface area contributed by atoms with E-state index in [0.29, 0.717) is 13.2 Å². The van der Waals surface area contributed by atoms with Gasteiger partial charge in [0.05, 0.1) is 6.61 Å². The number of amides is 1. The molecule has 1 aliphatic heterocycles. The summed E-state index contributed by atoms with van der Waals surface area (Å²) in [6.07, 6.45) is 2.56. The molecule has 0 spiro atoms. The van der Waals surface area contributed by atoms with Crippen molar-refractivity contribution in [1.82, 2.24) is 4.90 Å². The molecule has 82 valence electrons. The summed E-state index contributed by atoms with van der Waals surface area (Å²) in [7, 11) is 0. The Morgan fingerprint density at radius 1 is 1.71 bits per heavy atom. The van der Waals surface area contributed by atoms with Gasteiger partial charge in [0.25, 0.3) is 0 Å². The summed E-state index contributed by atoms with van der Waals surface area (Å²) < 4.78 is 5.04. The predicted molar refractivity (Wildman–Crippen MR) is 55.0 cm³/mol. The fourth-order valence-corrected chi connectivity index (χ4v) is 1.86. The largest absolute Gasteiger partial charge is 0.449 e. The van der Waals surface area contributed by atoms with E-state index < -0.39 is 0 Å². The number of ether oxygens (including phenoxy) is 1. The maximum atomic E-state index is 11.5. The highest BCUT2D eigenvalue weighted by Gasteiger charge is 2.31. The van der Waals surface area contributed by atoms with E-state index in [1.54, 1.807) is 0 Å². The second kappa shape index (κ2) is 5.20. The molecule has 1 heterocycles. The zero-order chi connectivity index (χ0) is 10.6. The second-order valence-electron chi connectivity index (χ2n) is 3.80. The van der Waals surface area contributed by atoms with Crippen molar-refractivity contribution >= 4 is 6.09 Å². The minimum absolute atomic E-state index is 0.177. The third kappa shape index (κ3) is 2.38. The molecule has 0 saturated carbocycles. The van der Waals surface area contributed by atoms with Crippen LogP contribution in [0.25, 0.3) is 0 Å². The molecular weight excluding hydrogens is 180 g/mol. The van der Waals surface area contributed by atoms with Gasteiger partial charge in [-0.3, -0.25) is 0 Å². The number of rotatable bonds is 4. The summed E-state index contributed by atoms with van der Waals surface area (Å²) in [5, 5.41) is 0. The Labute approximate surface area is 85.4 Å². The molecule has 14 heavy (non-hydrogen) atoms. The summed E-state index contributed by atoms with van der Waals surface area (Å²) in [6, 6.07) is 0.524. The molecule has 0 aromatic rings. The summed E-state index contributed by atoms with van der Waals surface area (Å²) in [4.78, 5) is 13.4. The first-order valence-electron chi connectivity index (χ1n) is 5.35. The fourth-order valence-electron chi connectivity index (χ4n) is 1.86. The van der Waals surface area contributed by atoms with Gasteiger partial charge in [-0.15, -0.1) is 0 Å². The Bertz CT molecular complexity index is 195. The van der Waals surface area contributed by atoms with Crippen LogP contribution in [0.1, 0.15) is 33.1 Å². The van der Waals surface area contributed by atoms with Crippen molar-refractivity contribution in [1.29, 1.82) is 0 Å². The summed E-state index contributed by atoms with van der Waals surface area (Å²) in [6.45, 7) is 5.30. The topological polar surface area (TPSA) is 55.6 Å². The highest BCUT2D eigenvalue weighted by Crippen LogP contribution is 2.20. The Hall–Kier alpha value is -0.770. The third-order valence-electron chi connectivity index (χ3n) is 2.85. The molecule has 2 atom stereocenters. The number of carbonyl (C=O) groups is 1. The van der Waals surface area contributed by atoms with E-state index in [1.807, 2.05) is 4.90 Å². The van der Waals surface area contributed by atoms with Gasteiger partial charge in [0.1, 0.15) is 0 Å². The van der Waals surface area contributed by atoms with Crippen molar-refractivity contribution in [3.05, 3.63) is 0 Å². The van der Waals surface area contributed by atoms with Crippen LogP contribution in [0.3, 0.4) is 0 Å². The molecule has 1 saturated heterocycles. The zero-order valence-electron chi connectivity index (χ0n) is 9.03. The first-order chi connectivity index (χ1) is 6.70. The molecule has 1 fully saturated rings. The van der Waals surface area contributed by atoms with Crippen molar-refractivity contribution in [3.8, 4) is 0 Å². The van der Waals surface area contributed by atoms with E-state index in [-0.39, 0.29) is 18.2 Å². The first-order valence-corrected chi connectivity index (χ1v) is 5.35. The molecule has 0 aliphatic carbocycles. The van der Waals surface area contributed by atoms with E-state index in [9.17, 15) is 4.79 Å². The van der Waals surface area contributed by atoms with E-state index in [1.165, 1.54) is 0 Å². The Morgan fingerprint density at radius 2 is 2.43 bits per heavy atom. The van der Waals surface area contributed by atoms with Crippen LogP contribution >= 0.6 is 0 Å². The fraction of sp³-hybridized carbons (Fsp3) is 0.900. The zero-order valence-corrected chi connectivity index (χ0v) is 9.03. The summed E-state index contributed by atoms with van der Waals surface area (Å²) in [5.41, 5.74) is 5.53. The molecule has 0 aromatic carbocycles. The molecule has 2 N–H and O–H groups in total. The quantitative estimate of drug-likeness (QED) is 0.745. The SMILES string of the molecule is CCC(C)N1C(=O)OCCC1CCN. The maximum Gasteiger partial charge on any atom is 0.410 e. The van der Waals surface area contributed by atoms with Gasteiger partial charge in [-0.2, -0.15) is 0 Å². The number of carbonyl (C=O) groups excluding carboxylic acids is 1. The maximum absolute atomic E-state index is 11.5. The number of nitrogens with two attached hydrogens (primary N) is 1. The average Bonchev–Trinajstić information content (AvgIpc) is 2.18. The minimum Gasteiger partial charge on any atom is -0.449 e. The standard InChI is InChI=1S/C10H20N2O2/c1-3-8(2)12-9(4-6-11)5-7-14-10(12)13/h8-9H,3-7,11H2,1-2H3. The van der Waals surface area contributed by atoms with Crippen LogP contribution in [0, 0.1) is 0 Å². The monoisotopic (exact) mass is 200 g/mol. The van der Waals surface area contributed by atoms with Gasteiger partial charge in [-0.1, -0.05) is 6.92 Å². The first kappa shape index (κ1) is 11.3. The second-order valence-corrected chi connectivity index (χ2v) is 3.80. The lowest BCUT2D eigenvalue weighted by Gasteiger charge is -2.38. The Balaban J connectivity index is 2.65. The molecule has 0 radical (unpaired) electrons. The molecule has 4 nitrogen and oxygen atoms in total. The van der Waals surface area contributed by atoms with Gasteiger partial charge >= 0.3 is 6.09 Å². The summed E-state index contributed by atoms with van der Waals surface area (Å²) in [5.74, 6) is 0. The van der Waals surface area contributed by atoms with Crippen molar-refractivity contribution in [2.45, 2.75) is 45.2 Å². The van der Waals surface area contributed by atoms with Crippen LogP contribution in [0.5, 0.6) is 0 Å². The molecule has 1 rings (SSSR count). The molecule has 2 unspecified atom stereocenters. The number of cyclic esters (lactones) is 1. The molecule has 1 amide bonds. The molecule has 0 aromatic heterocycles. The molecule has 4 heteroatoms. The van der Waals surface area contributed by atoms with Gasteiger partial charge in [0, 0.05) is 18.5 Å². The van der Waals surface area contributed by atoms with E-state index >= 15 is 0 Å². The highest BCUT2D eigenvalue weighted by molar-refractivity contribution is 5.69. The number of hydrogen-bond donors (Lipinski definition) is 1. The smallest absolute Gasteiger partial charge is 0.410 e. The third-order valence-corrected chi connectivity index (χ3v) is 2.85. The lowest BCUT2D eigenvalue weighted by molar-refractivity contribution is 0.0248. The van der Waals surface area contributed by atoms with Crippen LogP contribution in [0.4, 0.5) is 4.79 Å². The van der Waals surface area contributed by atoms with Crippen molar-refractivity contribution in [2.24, 2.45) is 5.73 Å². The lowest BCUT2D eigenvalue weighted by atomic mass is 10.0. The summed E-state index contributed by atoms with van der Waals surface area (Å²) >= 11 is 0.